The summed E-state index contributed by atoms with van der Waals surface area (Å²) in [6, 6.07) is 4.73. The molecule has 1 amide bonds. The molecule has 0 saturated carbocycles. The summed E-state index contributed by atoms with van der Waals surface area (Å²) in [4.78, 5) is 12.5. The maximum Gasteiger partial charge on any atom is 0.253 e. The highest BCUT2D eigenvalue weighted by molar-refractivity contribution is 5.96. The largest absolute Gasteiger partial charge is 0.454 e. The van der Waals surface area contributed by atoms with Gasteiger partial charge in [0.25, 0.3) is 5.91 Å². The van der Waals surface area contributed by atoms with Gasteiger partial charge in [0.15, 0.2) is 11.6 Å². The van der Waals surface area contributed by atoms with E-state index in [0.717, 1.165) is 6.42 Å². The number of halogens is 1. The van der Waals surface area contributed by atoms with Crippen LogP contribution in [0.3, 0.4) is 0 Å². The van der Waals surface area contributed by atoms with Crippen LogP contribution in [0.1, 0.15) is 32.8 Å². The van der Waals surface area contributed by atoms with Crippen molar-refractivity contribution in [3.05, 3.63) is 102 Å². The fourth-order valence-corrected chi connectivity index (χ4v) is 2.24. The van der Waals surface area contributed by atoms with Crippen molar-refractivity contribution in [3.8, 4) is 5.75 Å². The molecule has 0 radical (unpaired) electrons. The Labute approximate surface area is 172 Å². The van der Waals surface area contributed by atoms with Crippen molar-refractivity contribution < 1.29 is 13.9 Å². The zero-order valence-electron chi connectivity index (χ0n) is 17.3. The summed E-state index contributed by atoms with van der Waals surface area (Å²) in [6.07, 6.45) is 10.8. The number of benzene rings is 1. The summed E-state index contributed by atoms with van der Waals surface area (Å²) in [5, 5.41) is 2.70. The third-order valence-electron chi connectivity index (χ3n) is 4.06. The van der Waals surface area contributed by atoms with Gasteiger partial charge < -0.3 is 15.8 Å². The summed E-state index contributed by atoms with van der Waals surface area (Å²) < 4.78 is 20.2. The molecule has 0 spiro atoms. The smallest absolute Gasteiger partial charge is 0.253 e. The molecule has 0 aliphatic heterocycles. The van der Waals surface area contributed by atoms with E-state index in [1.807, 2.05) is 13.0 Å². The molecule has 0 aliphatic rings. The Kier molecular flexibility index (Phi) is 9.96. The predicted octanol–water partition coefficient (Wildman–Crippen LogP) is 5.22. The molecule has 29 heavy (non-hydrogen) atoms. The molecule has 0 bridgehead atoms. The fourth-order valence-electron chi connectivity index (χ4n) is 2.24. The molecule has 0 fully saturated rings. The van der Waals surface area contributed by atoms with E-state index in [0.29, 0.717) is 17.0 Å². The first-order valence-electron chi connectivity index (χ1n) is 9.32. The van der Waals surface area contributed by atoms with E-state index >= 15 is 0 Å². The molecule has 0 unspecified atom stereocenters. The van der Waals surface area contributed by atoms with Crippen LogP contribution >= 0.6 is 0 Å². The second-order valence-corrected chi connectivity index (χ2v) is 6.35. The van der Waals surface area contributed by atoms with E-state index < -0.39 is 5.82 Å². The van der Waals surface area contributed by atoms with Crippen molar-refractivity contribution in [2.75, 3.05) is 0 Å². The second kappa shape index (κ2) is 12.2. The molecule has 1 aromatic carbocycles. The van der Waals surface area contributed by atoms with Gasteiger partial charge in [-0.3, -0.25) is 4.79 Å². The number of carbonyl (C=O) groups is 1. The topological polar surface area (TPSA) is 64.3 Å². The van der Waals surface area contributed by atoms with Gasteiger partial charge in [0.1, 0.15) is 5.76 Å². The van der Waals surface area contributed by atoms with Gasteiger partial charge in [-0.2, -0.15) is 0 Å². The summed E-state index contributed by atoms with van der Waals surface area (Å²) in [5.41, 5.74) is 8.02. The quantitative estimate of drug-likeness (QED) is 0.324. The Balaban J connectivity index is 2.94. The number of carbonyl (C=O) groups excluding carboxylic acids is 1. The first-order valence-corrected chi connectivity index (χ1v) is 9.32. The third-order valence-corrected chi connectivity index (χ3v) is 4.06. The molecule has 1 aromatic rings. The van der Waals surface area contributed by atoms with Crippen LogP contribution in [-0.2, 0) is 11.3 Å². The van der Waals surface area contributed by atoms with Crippen molar-refractivity contribution in [3.63, 3.8) is 0 Å². The maximum atomic E-state index is 14.7. The van der Waals surface area contributed by atoms with Crippen LogP contribution in [0.2, 0.25) is 0 Å². The number of hydrogen-bond acceptors (Lipinski definition) is 3. The van der Waals surface area contributed by atoms with Crippen molar-refractivity contribution in [1.82, 2.24) is 5.32 Å². The van der Waals surface area contributed by atoms with Crippen molar-refractivity contribution in [2.24, 2.45) is 5.73 Å². The summed E-state index contributed by atoms with van der Waals surface area (Å²) in [5.74, 6) is -0.537. The second-order valence-electron chi connectivity index (χ2n) is 6.35. The van der Waals surface area contributed by atoms with Crippen LogP contribution in [0, 0.1) is 5.82 Å². The van der Waals surface area contributed by atoms with Gasteiger partial charge in [-0.05, 0) is 44.6 Å². The predicted molar refractivity (Wildman–Crippen MR) is 117 cm³/mol. The number of rotatable bonds is 10. The minimum absolute atomic E-state index is 0.00902. The van der Waals surface area contributed by atoms with Gasteiger partial charge in [-0.15, -0.1) is 0 Å². The van der Waals surface area contributed by atoms with Gasteiger partial charge in [-0.25, -0.2) is 4.39 Å². The van der Waals surface area contributed by atoms with Crippen molar-refractivity contribution in [2.45, 2.75) is 33.7 Å². The van der Waals surface area contributed by atoms with Crippen LogP contribution < -0.4 is 15.8 Å². The first-order chi connectivity index (χ1) is 13.8. The third kappa shape index (κ3) is 7.66. The van der Waals surface area contributed by atoms with Crippen LogP contribution in [0.25, 0.3) is 0 Å². The summed E-state index contributed by atoms with van der Waals surface area (Å²) >= 11 is 0. The minimum Gasteiger partial charge on any atom is -0.454 e. The molecule has 5 heteroatoms. The van der Waals surface area contributed by atoms with Crippen LogP contribution in [0.15, 0.2) is 90.4 Å². The Morgan fingerprint density at radius 3 is 2.59 bits per heavy atom. The minimum atomic E-state index is -0.559. The number of nitrogens with one attached hydrogen (secondary N) is 1. The van der Waals surface area contributed by atoms with E-state index in [-0.39, 0.29) is 23.8 Å². The zero-order valence-corrected chi connectivity index (χ0v) is 17.3. The molecule has 1 rings (SSSR count). The molecule has 0 saturated heterocycles. The molecular formula is C24H29FN2O2. The highest BCUT2D eigenvalue weighted by atomic mass is 19.1. The standard InChI is InChI=1S/C24H29FN2O2/c1-6-11-20(8-3)29-22-15-10-13-19(23(22)25)16-27-24(28)21(18(5)26)14-9-12-17(4)7-2/h6,8-15H,1,3,7,16,26H2,2,4-5H3,(H,27,28)/b14-9-,17-12?,20-11+,21-18-. The Morgan fingerprint density at radius 1 is 1.28 bits per heavy atom. The van der Waals surface area contributed by atoms with Crippen LogP contribution in [0.5, 0.6) is 5.75 Å². The molecule has 154 valence electrons. The highest BCUT2D eigenvalue weighted by Gasteiger charge is 2.13. The van der Waals surface area contributed by atoms with E-state index in [1.165, 1.54) is 23.8 Å². The highest BCUT2D eigenvalue weighted by Crippen LogP contribution is 2.23. The lowest BCUT2D eigenvalue weighted by Gasteiger charge is -2.12. The van der Waals surface area contributed by atoms with Crippen LogP contribution in [-0.4, -0.2) is 5.91 Å². The SMILES string of the molecule is C=C/C=C(\C=C)Oc1cccc(CNC(=O)C(/C=C\C=C(C)CC)=C(/C)N)c1F. The lowest BCUT2D eigenvalue weighted by molar-refractivity contribution is -0.117. The van der Waals surface area contributed by atoms with Gasteiger partial charge in [0, 0.05) is 17.8 Å². The number of ether oxygens (including phenoxy) is 1. The fraction of sp³-hybridized carbons (Fsp3) is 0.208. The maximum absolute atomic E-state index is 14.7. The van der Waals surface area contributed by atoms with Gasteiger partial charge in [-0.1, -0.05) is 56.0 Å². The van der Waals surface area contributed by atoms with Gasteiger partial charge >= 0.3 is 0 Å². The zero-order chi connectivity index (χ0) is 21.8. The van der Waals surface area contributed by atoms with E-state index in [2.05, 4.69) is 25.4 Å². The van der Waals surface area contributed by atoms with Crippen LogP contribution in [0.4, 0.5) is 4.39 Å². The summed E-state index contributed by atoms with van der Waals surface area (Å²) in [7, 11) is 0. The normalized spacial score (nSPS) is 13.1. The monoisotopic (exact) mass is 396 g/mol. The van der Waals surface area contributed by atoms with E-state index in [4.69, 9.17) is 10.5 Å². The Morgan fingerprint density at radius 2 is 2.00 bits per heavy atom. The lowest BCUT2D eigenvalue weighted by Crippen LogP contribution is -2.26. The van der Waals surface area contributed by atoms with Gasteiger partial charge in [0.2, 0.25) is 0 Å². The van der Waals surface area contributed by atoms with Crippen molar-refractivity contribution >= 4 is 5.91 Å². The van der Waals surface area contributed by atoms with Gasteiger partial charge in [0.05, 0.1) is 5.57 Å². The van der Waals surface area contributed by atoms with Crippen molar-refractivity contribution in [1.29, 1.82) is 0 Å². The van der Waals surface area contributed by atoms with E-state index in [1.54, 1.807) is 37.3 Å². The lowest BCUT2D eigenvalue weighted by atomic mass is 10.1. The number of nitrogens with two attached hydrogens (primary N) is 1. The summed E-state index contributed by atoms with van der Waals surface area (Å²) in [6.45, 7) is 12.9. The Bertz CT molecular complexity index is 873. The number of hydrogen-bond donors (Lipinski definition) is 2. The first kappa shape index (κ1) is 23.7. The molecule has 0 aromatic heterocycles. The molecule has 0 atom stereocenters. The Hall–Kier alpha value is -3.34. The molecule has 0 aliphatic carbocycles. The molecule has 0 heterocycles. The average molecular weight is 397 g/mol. The average Bonchev–Trinajstić information content (AvgIpc) is 2.70. The molecule has 3 N–H and O–H groups in total. The molecular weight excluding hydrogens is 367 g/mol. The number of allylic oxidation sites excluding steroid dienone is 7. The number of amides is 1. The molecule has 4 nitrogen and oxygen atoms in total. The van der Waals surface area contributed by atoms with E-state index in [9.17, 15) is 9.18 Å².